The third kappa shape index (κ3) is 5.02. The number of hydrogen-bond donors (Lipinski definition) is 5. The third-order valence-electron chi connectivity index (χ3n) is 6.66. The van der Waals surface area contributed by atoms with Gasteiger partial charge in [0.15, 0.2) is 0 Å². The molecule has 5 rings (SSSR count). The largest absolute Gasteiger partial charge is 0.388 e. The maximum Gasteiger partial charge on any atom is 0.260 e. The molecular formula is C25H30N8O2S. The molecule has 10 nitrogen and oxygen atoms in total. The molecule has 188 valence electrons. The minimum Gasteiger partial charge on any atom is -0.388 e. The van der Waals surface area contributed by atoms with Crippen LogP contribution < -0.4 is 21.3 Å². The first-order valence-electron chi connectivity index (χ1n) is 12.3. The van der Waals surface area contributed by atoms with Gasteiger partial charge in [0.1, 0.15) is 4.83 Å². The van der Waals surface area contributed by atoms with Crippen LogP contribution in [0, 0.1) is 12.3 Å². The number of anilines is 1. The topological polar surface area (TPSA) is 136 Å². The lowest BCUT2D eigenvalue weighted by molar-refractivity contribution is 0.0951. The number of carbonyl (C=O) groups excluding carboxylic acids is 2. The number of rotatable bonds is 9. The van der Waals surface area contributed by atoms with Crippen LogP contribution >= 0.6 is 11.3 Å². The number of aryl methyl sites for hydroxylation is 1. The second kappa shape index (κ2) is 10.6. The number of thiazole rings is 1. The lowest BCUT2D eigenvalue weighted by Crippen LogP contribution is -2.40. The fourth-order valence-corrected chi connectivity index (χ4v) is 5.44. The fraction of sp³-hybridized carbons (Fsp3) is 0.400. The summed E-state index contributed by atoms with van der Waals surface area (Å²) >= 11 is 1.42. The molecule has 1 aliphatic carbocycles. The van der Waals surface area contributed by atoms with Crippen LogP contribution in [0.15, 0.2) is 30.4 Å². The Bertz CT molecular complexity index is 1330. The Morgan fingerprint density at radius 1 is 1.25 bits per heavy atom. The van der Waals surface area contributed by atoms with E-state index in [2.05, 4.69) is 31.3 Å². The van der Waals surface area contributed by atoms with Gasteiger partial charge >= 0.3 is 0 Å². The van der Waals surface area contributed by atoms with Gasteiger partial charge in [-0.3, -0.25) is 14.6 Å². The van der Waals surface area contributed by atoms with Gasteiger partial charge in [-0.1, -0.05) is 6.42 Å². The Hall–Kier alpha value is -3.57. The first kappa shape index (κ1) is 24.1. The van der Waals surface area contributed by atoms with Crippen molar-refractivity contribution in [2.45, 2.75) is 45.1 Å². The molecule has 0 unspecified atom stereocenters. The van der Waals surface area contributed by atoms with Crippen molar-refractivity contribution in [2.75, 3.05) is 25.0 Å². The van der Waals surface area contributed by atoms with E-state index in [0.29, 0.717) is 39.9 Å². The highest BCUT2D eigenvalue weighted by molar-refractivity contribution is 7.19. The SMILES string of the molecule is Cc1ncc(C(=O)NCCNC2CCC2)cc1NC(=O)c1cnn2cc(/C(C=N)=C3\CCCN3)sc12. The number of allylic oxidation sites excluding steroid dienone is 2. The highest BCUT2D eigenvalue weighted by Crippen LogP contribution is 2.30. The number of nitrogens with zero attached hydrogens (tertiary/aromatic N) is 3. The molecule has 0 spiro atoms. The number of amides is 2. The summed E-state index contributed by atoms with van der Waals surface area (Å²) in [4.78, 5) is 31.7. The van der Waals surface area contributed by atoms with E-state index in [4.69, 9.17) is 5.41 Å². The van der Waals surface area contributed by atoms with Crippen molar-refractivity contribution >= 4 is 45.5 Å². The van der Waals surface area contributed by atoms with Crippen LogP contribution in [0.1, 0.15) is 63.4 Å². The molecule has 4 heterocycles. The normalized spacial score (nSPS) is 16.9. The van der Waals surface area contributed by atoms with Gasteiger partial charge in [-0.15, -0.1) is 11.3 Å². The molecule has 11 heteroatoms. The standard InChI is InChI=1S/C25H30N8O2S/c1-15-21(10-16(12-30-15)23(34)29-9-8-27-17-4-2-5-17)32-24(35)19-13-31-33-14-22(36-25(19)33)18(11-26)20-6-3-7-28-20/h10-14,17,26-28H,2-9H2,1H3,(H,29,34)(H,32,35)/b20-18+,26-11?. The lowest BCUT2D eigenvalue weighted by atomic mass is 9.93. The van der Waals surface area contributed by atoms with E-state index >= 15 is 0 Å². The summed E-state index contributed by atoms with van der Waals surface area (Å²) in [6.07, 6.45) is 11.9. The predicted octanol–water partition coefficient (Wildman–Crippen LogP) is 2.97. The quantitative estimate of drug-likeness (QED) is 0.224. The number of hydrogen-bond acceptors (Lipinski definition) is 8. The maximum absolute atomic E-state index is 13.2. The second-order valence-electron chi connectivity index (χ2n) is 9.12. The minimum absolute atomic E-state index is 0.225. The van der Waals surface area contributed by atoms with Crippen molar-refractivity contribution in [3.63, 3.8) is 0 Å². The molecular weight excluding hydrogens is 476 g/mol. The molecule has 3 aromatic heterocycles. The zero-order valence-electron chi connectivity index (χ0n) is 20.2. The van der Waals surface area contributed by atoms with Gasteiger partial charge in [0, 0.05) is 55.6 Å². The van der Waals surface area contributed by atoms with Crippen LogP contribution in [0.25, 0.3) is 10.4 Å². The highest BCUT2D eigenvalue weighted by Gasteiger charge is 2.21. The maximum atomic E-state index is 13.2. The molecule has 5 N–H and O–H groups in total. The summed E-state index contributed by atoms with van der Waals surface area (Å²) in [7, 11) is 0. The van der Waals surface area contributed by atoms with E-state index in [0.717, 1.165) is 42.1 Å². The average molecular weight is 507 g/mol. The summed E-state index contributed by atoms with van der Waals surface area (Å²) in [5.74, 6) is -0.550. The van der Waals surface area contributed by atoms with Crippen molar-refractivity contribution in [3.8, 4) is 0 Å². The Balaban J connectivity index is 1.28. The molecule has 0 radical (unpaired) electrons. The molecule has 2 fully saturated rings. The molecule has 36 heavy (non-hydrogen) atoms. The minimum atomic E-state index is -0.325. The van der Waals surface area contributed by atoms with Gasteiger partial charge in [-0.2, -0.15) is 5.10 Å². The monoisotopic (exact) mass is 506 g/mol. The Morgan fingerprint density at radius 2 is 2.11 bits per heavy atom. The Morgan fingerprint density at radius 3 is 2.83 bits per heavy atom. The van der Waals surface area contributed by atoms with E-state index in [9.17, 15) is 9.59 Å². The molecule has 0 atom stereocenters. The van der Waals surface area contributed by atoms with Crippen LogP contribution in [-0.2, 0) is 0 Å². The van der Waals surface area contributed by atoms with E-state index in [-0.39, 0.29) is 11.8 Å². The van der Waals surface area contributed by atoms with Crippen molar-refractivity contribution < 1.29 is 9.59 Å². The Kier molecular flexibility index (Phi) is 7.10. The van der Waals surface area contributed by atoms with Crippen LogP contribution in [0.4, 0.5) is 5.69 Å². The summed E-state index contributed by atoms with van der Waals surface area (Å²) in [6.45, 7) is 3.95. The molecule has 0 bridgehead atoms. The lowest BCUT2D eigenvalue weighted by Gasteiger charge is -2.26. The van der Waals surface area contributed by atoms with Gasteiger partial charge < -0.3 is 26.7 Å². The van der Waals surface area contributed by atoms with Gasteiger partial charge in [0.25, 0.3) is 11.8 Å². The van der Waals surface area contributed by atoms with Gasteiger partial charge in [-0.05, 0) is 38.7 Å². The molecule has 2 aliphatic rings. The predicted molar refractivity (Wildman–Crippen MR) is 141 cm³/mol. The van der Waals surface area contributed by atoms with Gasteiger partial charge in [-0.25, -0.2) is 4.52 Å². The zero-order valence-corrected chi connectivity index (χ0v) is 21.0. The molecule has 1 aliphatic heterocycles. The van der Waals surface area contributed by atoms with Crippen LogP contribution in [-0.4, -0.2) is 58.3 Å². The van der Waals surface area contributed by atoms with Crippen LogP contribution in [0.2, 0.25) is 0 Å². The molecule has 2 amide bonds. The first-order chi connectivity index (χ1) is 17.5. The smallest absolute Gasteiger partial charge is 0.260 e. The number of aromatic nitrogens is 3. The van der Waals surface area contributed by atoms with Crippen molar-refractivity contribution in [3.05, 3.63) is 52.1 Å². The highest BCUT2D eigenvalue weighted by atomic mass is 32.1. The molecule has 1 saturated heterocycles. The molecule has 3 aromatic rings. The third-order valence-corrected chi connectivity index (χ3v) is 7.81. The van der Waals surface area contributed by atoms with E-state index in [1.807, 2.05) is 6.20 Å². The van der Waals surface area contributed by atoms with E-state index < -0.39 is 0 Å². The number of fused-ring (bicyclic) bond motifs is 1. The average Bonchev–Trinajstić information content (AvgIpc) is 3.58. The summed E-state index contributed by atoms with van der Waals surface area (Å²) in [5, 5.41) is 24.8. The Labute approximate surface area is 213 Å². The summed E-state index contributed by atoms with van der Waals surface area (Å²) < 4.78 is 1.67. The number of carbonyl (C=O) groups is 2. The van der Waals surface area contributed by atoms with Gasteiger partial charge in [0.05, 0.1) is 33.6 Å². The number of pyridine rings is 1. The van der Waals surface area contributed by atoms with E-state index in [1.165, 1.54) is 49.2 Å². The zero-order chi connectivity index (χ0) is 25.1. The summed E-state index contributed by atoms with van der Waals surface area (Å²) in [5.41, 5.74) is 3.80. The van der Waals surface area contributed by atoms with Gasteiger partial charge in [0.2, 0.25) is 0 Å². The van der Waals surface area contributed by atoms with Crippen molar-refractivity contribution in [2.24, 2.45) is 0 Å². The van der Waals surface area contributed by atoms with Crippen LogP contribution in [0.3, 0.4) is 0 Å². The summed E-state index contributed by atoms with van der Waals surface area (Å²) in [6, 6.07) is 2.23. The van der Waals surface area contributed by atoms with Crippen LogP contribution in [0.5, 0.6) is 0 Å². The second-order valence-corrected chi connectivity index (χ2v) is 10.1. The number of nitrogens with one attached hydrogen (secondary N) is 5. The first-order valence-corrected chi connectivity index (χ1v) is 13.1. The fourth-order valence-electron chi connectivity index (χ4n) is 4.34. The molecule has 1 saturated carbocycles. The van der Waals surface area contributed by atoms with E-state index in [1.54, 1.807) is 17.5 Å². The van der Waals surface area contributed by atoms with Crippen molar-refractivity contribution in [1.29, 1.82) is 5.41 Å². The molecule has 0 aromatic carbocycles. The van der Waals surface area contributed by atoms with Crippen molar-refractivity contribution in [1.82, 2.24) is 30.5 Å².